The van der Waals surface area contributed by atoms with Crippen molar-refractivity contribution < 1.29 is 14.0 Å². The van der Waals surface area contributed by atoms with E-state index in [9.17, 15) is 8.78 Å². The van der Waals surface area contributed by atoms with Gasteiger partial charge in [-0.15, -0.1) is 0 Å². The Morgan fingerprint density at radius 1 is 1.15 bits per heavy atom. The van der Waals surface area contributed by atoms with Gasteiger partial charge in [-0.2, -0.15) is 0 Å². The zero-order chi connectivity index (χ0) is 14.7. The van der Waals surface area contributed by atoms with Crippen molar-refractivity contribution >= 4 is 29.2 Å². The van der Waals surface area contributed by atoms with E-state index in [-0.39, 0.29) is 10.7 Å². The van der Waals surface area contributed by atoms with Crippen LogP contribution < -0.4 is 5.73 Å². The highest BCUT2D eigenvalue weighted by Gasteiger charge is 2.12. The van der Waals surface area contributed by atoms with Crippen molar-refractivity contribution in [2.24, 2.45) is 10.9 Å². The van der Waals surface area contributed by atoms with Gasteiger partial charge in [0, 0.05) is 15.5 Å². The predicted octanol–water partition coefficient (Wildman–Crippen LogP) is 3.86. The highest BCUT2D eigenvalue weighted by atomic mass is 35.5. The van der Waals surface area contributed by atoms with Crippen LogP contribution in [0.5, 0.6) is 0 Å². The molecule has 20 heavy (non-hydrogen) atoms. The largest absolute Gasteiger partial charge is 0.409 e. The van der Waals surface area contributed by atoms with Crippen LogP contribution in [-0.2, 0) is 0 Å². The van der Waals surface area contributed by atoms with E-state index in [1.165, 1.54) is 6.07 Å². The van der Waals surface area contributed by atoms with Crippen molar-refractivity contribution in [3.8, 4) is 0 Å². The summed E-state index contributed by atoms with van der Waals surface area (Å²) in [5.74, 6) is -1.27. The Bertz CT molecular complexity index is 679. The fourth-order valence-electron chi connectivity index (χ4n) is 1.52. The fourth-order valence-corrected chi connectivity index (χ4v) is 2.67. The van der Waals surface area contributed by atoms with E-state index < -0.39 is 11.6 Å². The SMILES string of the molecule is NC(=NO)c1cc(Cl)ccc1Sc1cc(F)ccc1F. The molecule has 0 heterocycles. The number of halogens is 3. The molecule has 0 aliphatic carbocycles. The van der Waals surface area contributed by atoms with E-state index in [1.807, 2.05) is 0 Å². The zero-order valence-corrected chi connectivity index (χ0v) is 11.6. The lowest BCUT2D eigenvalue weighted by Gasteiger charge is -2.09. The van der Waals surface area contributed by atoms with Gasteiger partial charge in [0.1, 0.15) is 11.6 Å². The summed E-state index contributed by atoms with van der Waals surface area (Å²) < 4.78 is 26.8. The average Bonchev–Trinajstić information content (AvgIpc) is 2.43. The van der Waals surface area contributed by atoms with E-state index in [0.29, 0.717) is 15.5 Å². The van der Waals surface area contributed by atoms with Crippen LogP contribution in [0, 0.1) is 11.6 Å². The number of hydrogen-bond donors (Lipinski definition) is 2. The minimum absolute atomic E-state index is 0.0966. The minimum Gasteiger partial charge on any atom is -0.409 e. The third kappa shape index (κ3) is 3.20. The lowest BCUT2D eigenvalue weighted by atomic mass is 10.2. The van der Waals surface area contributed by atoms with Gasteiger partial charge in [0.05, 0.1) is 4.90 Å². The Morgan fingerprint density at radius 2 is 1.90 bits per heavy atom. The second-order valence-corrected chi connectivity index (χ2v) is 5.32. The van der Waals surface area contributed by atoms with Crippen molar-refractivity contribution in [2.45, 2.75) is 9.79 Å². The molecule has 0 saturated heterocycles. The molecule has 3 N–H and O–H groups in total. The van der Waals surface area contributed by atoms with Gasteiger partial charge in [-0.05, 0) is 36.4 Å². The smallest absolute Gasteiger partial charge is 0.171 e. The highest BCUT2D eigenvalue weighted by molar-refractivity contribution is 7.99. The first-order valence-electron chi connectivity index (χ1n) is 5.41. The molecule has 0 aliphatic heterocycles. The van der Waals surface area contributed by atoms with Crippen LogP contribution in [0.4, 0.5) is 8.78 Å². The van der Waals surface area contributed by atoms with Gasteiger partial charge in [-0.1, -0.05) is 28.5 Å². The molecule has 0 saturated carbocycles. The molecule has 0 radical (unpaired) electrons. The van der Waals surface area contributed by atoms with Gasteiger partial charge in [0.15, 0.2) is 5.84 Å². The molecule has 2 rings (SSSR count). The van der Waals surface area contributed by atoms with Crippen LogP contribution in [-0.4, -0.2) is 11.0 Å². The van der Waals surface area contributed by atoms with Gasteiger partial charge >= 0.3 is 0 Å². The van der Waals surface area contributed by atoms with Crippen molar-refractivity contribution in [3.63, 3.8) is 0 Å². The Morgan fingerprint density at radius 3 is 2.60 bits per heavy atom. The summed E-state index contributed by atoms with van der Waals surface area (Å²) in [6.07, 6.45) is 0. The minimum atomic E-state index is -0.559. The molecular formula is C13H9ClF2N2OS. The predicted molar refractivity (Wildman–Crippen MR) is 74.4 cm³/mol. The van der Waals surface area contributed by atoms with Gasteiger partial charge in [0.2, 0.25) is 0 Å². The van der Waals surface area contributed by atoms with Crippen molar-refractivity contribution in [2.75, 3.05) is 0 Å². The van der Waals surface area contributed by atoms with Crippen LogP contribution >= 0.6 is 23.4 Å². The normalized spacial score (nSPS) is 11.7. The summed E-state index contributed by atoms with van der Waals surface area (Å²) in [5, 5.41) is 12.0. The molecule has 3 nitrogen and oxygen atoms in total. The first-order valence-corrected chi connectivity index (χ1v) is 6.61. The van der Waals surface area contributed by atoms with Crippen LogP contribution in [0.2, 0.25) is 5.02 Å². The number of hydrogen-bond acceptors (Lipinski definition) is 3. The van der Waals surface area contributed by atoms with E-state index in [4.69, 9.17) is 22.5 Å². The van der Waals surface area contributed by atoms with Crippen molar-refractivity contribution in [1.29, 1.82) is 0 Å². The maximum absolute atomic E-state index is 13.6. The zero-order valence-electron chi connectivity index (χ0n) is 9.98. The Balaban J connectivity index is 2.46. The molecule has 7 heteroatoms. The first kappa shape index (κ1) is 14.6. The number of amidine groups is 1. The first-order chi connectivity index (χ1) is 9.51. The Labute approximate surface area is 123 Å². The molecule has 0 fully saturated rings. The van der Waals surface area contributed by atoms with E-state index in [1.54, 1.807) is 12.1 Å². The van der Waals surface area contributed by atoms with Gasteiger partial charge in [-0.3, -0.25) is 0 Å². The summed E-state index contributed by atoms with van der Waals surface area (Å²) in [5.41, 5.74) is 5.89. The third-order valence-corrected chi connectivity index (χ3v) is 3.78. The highest BCUT2D eigenvalue weighted by Crippen LogP contribution is 2.33. The van der Waals surface area contributed by atoms with Crippen molar-refractivity contribution in [3.05, 3.63) is 58.6 Å². The number of rotatable bonds is 3. The average molecular weight is 315 g/mol. The van der Waals surface area contributed by atoms with E-state index in [0.717, 1.165) is 30.0 Å². The third-order valence-electron chi connectivity index (χ3n) is 2.44. The number of nitrogens with zero attached hydrogens (tertiary/aromatic N) is 1. The Kier molecular flexibility index (Phi) is 4.46. The topological polar surface area (TPSA) is 58.6 Å². The molecule has 0 unspecified atom stereocenters. The van der Waals surface area contributed by atoms with Gasteiger partial charge < -0.3 is 10.9 Å². The second-order valence-electron chi connectivity index (χ2n) is 3.80. The molecule has 2 aromatic rings. The second kappa shape index (κ2) is 6.11. The molecular weight excluding hydrogens is 306 g/mol. The van der Waals surface area contributed by atoms with Gasteiger partial charge in [-0.25, -0.2) is 8.78 Å². The molecule has 0 spiro atoms. The lowest BCUT2D eigenvalue weighted by molar-refractivity contribution is 0.318. The summed E-state index contributed by atoms with van der Waals surface area (Å²) in [6.45, 7) is 0. The molecule has 0 amide bonds. The van der Waals surface area contributed by atoms with Crippen LogP contribution in [0.15, 0.2) is 51.3 Å². The van der Waals surface area contributed by atoms with E-state index >= 15 is 0 Å². The number of oxime groups is 1. The molecule has 0 aromatic heterocycles. The van der Waals surface area contributed by atoms with Crippen LogP contribution in [0.3, 0.4) is 0 Å². The summed E-state index contributed by atoms with van der Waals surface area (Å²) >= 11 is 6.80. The Hall–Kier alpha value is -1.79. The standard InChI is InChI=1S/C13H9ClF2N2OS/c14-7-1-4-11(9(5-7)13(17)18-19)20-12-6-8(15)2-3-10(12)16/h1-6,19H,(H2,17,18). The summed E-state index contributed by atoms with van der Waals surface area (Å²) in [7, 11) is 0. The van der Waals surface area contributed by atoms with Crippen molar-refractivity contribution in [1.82, 2.24) is 0 Å². The lowest BCUT2D eigenvalue weighted by Crippen LogP contribution is -2.14. The summed E-state index contributed by atoms with van der Waals surface area (Å²) in [6, 6.07) is 7.79. The maximum Gasteiger partial charge on any atom is 0.171 e. The molecule has 0 atom stereocenters. The number of nitrogens with two attached hydrogens (primary N) is 1. The molecule has 104 valence electrons. The van der Waals surface area contributed by atoms with Crippen LogP contribution in [0.25, 0.3) is 0 Å². The molecule has 0 bridgehead atoms. The van der Waals surface area contributed by atoms with Crippen LogP contribution in [0.1, 0.15) is 5.56 Å². The number of benzene rings is 2. The molecule has 2 aromatic carbocycles. The van der Waals surface area contributed by atoms with Gasteiger partial charge in [0.25, 0.3) is 0 Å². The van der Waals surface area contributed by atoms with E-state index in [2.05, 4.69) is 5.16 Å². The quantitative estimate of drug-likeness (QED) is 0.391. The maximum atomic E-state index is 13.6. The summed E-state index contributed by atoms with van der Waals surface area (Å²) in [4.78, 5) is 0.591. The fraction of sp³-hybridized carbons (Fsp3) is 0. The monoisotopic (exact) mass is 314 g/mol. The molecule has 0 aliphatic rings.